The van der Waals surface area contributed by atoms with Gasteiger partial charge >= 0.3 is 5.97 Å². The molecule has 2 atom stereocenters. The molecular formula is C18H22F2N4O3. The minimum absolute atomic E-state index is 0.210. The number of carbonyl (C=O) groups is 1. The fraction of sp³-hybridized carbons (Fsp3) is 0.667. The lowest BCUT2D eigenvalue weighted by atomic mass is 9.79. The van der Waals surface area contributed by atoms with E-state index in [0.29, 0.717) is 29.7 Å². The summed E-state index contributed by atoms with van der Waals surface area (Å²) in [6.07, 6.45) is 4.46. The average Bonchev–Trinajstić information content (AvgIpc) is 3.06. The molecule has 9 heteroatoms. The van der Waals surface area contributed by atoms with Crippen LogP contribution in [-0.2, 0) is 4.79 Å². The number of hydrogen-bond donors (Lipinski definition) is 2. The van der Waals surface area contributed by atoms with Crippen molar-refractivity contribution in [3.8, 4) is 0 Å². The van der Waals surface area contributed by atoms with Gasteiger partial charge in [0.15, 0.2) is 5.65 Å². The maximum absolute atomic E-state index is 13.5. The Balaban J connectivity index is 1.72. The second-order valence-electron chi connectivity index (χ2n) is 7.70. The first-order valence-corrected chi connectivity index (χ1v) is 9.44. The largest absolute Gasteiger partial charge is 0.481 e. The first kappa shape index (κ1) is 18.1. The molecule has 0 bridgehead atoms. The lowest BCUT2D eigenvalue weighted by molar-refractivity contribution is -0.143. The number of fused-ring (bicyclic) bond motifs is 1. The van der Waals surface area contributed by atoms with Crippen molar-refractivity contribution in [1.82, 2.24) is 19.7 Å². The molecule has 7 nitrogen and oxygen atoms in total. The molecule has 2 aromatic rings. The number of hydrogen-bond acceptors (Lipinski definition) is 4. The third kappa shape index (κ3) is 3.35. The molecule has 0 amide bonds. The minimum Gasteiger partial charge on any atom is -0.481 e. The fourth-order valence-electron chi connectivity index (χ4n) is 4.42. The van der Waals surface area contributed by atoms with Crippen molar-refractivity contribution in [3.63, 3.8) is 0 Å². The molecule has 0 radical (unpaired) electrons. The summed E-state index contributed by atoms with van der Waals surface area (Å²) in [4.78, 5) is 31.4. The van der Waals surface area contributed by atoms with Crippen LogP contribution in [0.5, 0.6) is 0 Å². The molecule has 0 spiro atoms. The van der Waals surface area contributed by atoms with E-state index in [1.54, 1.807) is 4.68 Å². The molecule has 2 fully saturated rings. The van der Waals surface area contributed by atoms with Crippen LogP contribution in [0.25, 0.3) is 11.0 Å². The summed E-state index contributed by atoms with van der Waals surface area (Å²) in [5.74, 6) is -4.10. The van der Waals surface area contributed by atoms with Gasteiger partial charge in [0.05, 0.1) is 18.2 Å². The number of rotatable bonds is 3. The average molecular weight is 380 g/mol. The van der Waals surface area contributed by atoms with Crippen LogP contribution in [0.15, 0.2) is 11.0 Å². The van der Waals surface area contributed by atoms with Crippen LogP contribution < -0.4 is 5.56 Å². The Morgan fingerprint density at radius 3 is 2.63 bits per heavy atom. The number of alkyl halides is 2. The van der Waals surface area contributed by atoms with E-state index < -0.39 is 17.8 Å². The first-order chi connectivity index (χ1) is 12.9. The number of aromatic nitrogens is 4. The molecule has 2 aromatic heterocycles. The molecule has 2 saturated carbocycles. The summed E-state index contributed by atoms with van der Waals surface area (Å²) in [5.41, 5.74) is -0.00391. The van der Waals surface area contributed by atoms with Gasteiger partial charge in [0.2, 0.25) is 5.92 Å². The van der Waals surface area contributed by atoms with Gasteiger partial charge < -0.3 is 10.1 Å². The molecule has 0 aliphatic heterocycles. The number of H-pyrrole nitrogens is 1. The second kappa shape index (κ2) is 6.69. The molecule has 2 unspecified atom stereocenters. The van der Waals surface area contributed by atoms with E-state index in [1.807, 2.05) is 0 Å². The van der Waals surface area contributed by atoms with E-state index in [1.165, 1.54) is 6.20 Å². The predicted octanol–water partition coefficient (Wildman–Crippen LogP) is 3.23. The van der Waals surface area contributed by atoms with Crippen LogP contribution in [0.2, 0.25) is 0 Å². The molecule has 0 aromatic carbocycles. The zero-order valence-corrected chi connectivity index (χ0v) is 14.8. The number of nitrogens with zero attached hydrogens (tertiary/aromatic N) is 3. The highest BCUT2D eigenvalue weighted by molar-refractivity contribution is 5.74. The summed E-state index contributed by atoms with van der Waals surface area (Å²) in [7, 11) is 0. The quantitative estimate of drug-likeness (QED) is 0.851. The SMILES string of the molecule is O=C(O)C1CCCCC1c1nc2c(cnn2C2CCC(F)(F)CC2)c(=O)[nH]1. The van der Waals surface area contributed by atoms with Gasteiger partial charge in [-0.3, -0.25) is 9.59 Å². The van der Waals surface area contributed by atoms with E-state index in [-0.39, 0.29) is 43.2 Å². The number of halogens is 2. The van der Waals surface area contributed by atoms with Gasteiger partial charge in [0.1, 0.15) is 11.2 Å². The lowest BCUT2D eigenvalue weighted by Crippen LogP contribution is -2.29. The molecule has 2 N–H and O–H groups in total. The van der Waals surface area contributed by atoms with Gasteiger partial charge in [-0.25, -0.2) is 18.4 Å². The van der Waals surface area contributed by atoms with E-state index in [4.69, 9.17) is 0 Å². The highest BCUT2D eigenvalue weighted by Crippen LogP contribution is 2.39. The van der Waals surface area contributed by atoms with Crippen molar-refractivity contribution in [1.29, 1.82) is 0 Å². The molecule has 146 valence electrons. The van der Waals surface area contributed by atoms with Crippen molar-refractivity contribution in [2.45, 2.75) is 69.2 Å². The normalized spacial score (nSPS) is 26.3. The Morgan fingerprint density at radius 2 is 1.93 bits per heavy atom. The number of aromatic amines is 1. The maximum atomic E-state index is 13.5. The monoisotopic (exact) mass is 380 g/mol. The fourth-order valence-corrected chi connectivity index (χ4v) is 4.42. The topological polar surface area (TPSA) is 101 Å². The molecule has 2 aliphatic carbocycles. The van der Waals surface area contributed by atoms with Gasteiger partial charge in [-0.05, 0) is 25.7 Å². The van der Waals surface area contributed by atoms with Crippen LogP contribution in [0.4, 0.5) is 8.78 Å². The Bertz CT molecular complexity index is 913. The van der Waals surface area contributed by atoms with Gasteiger partial charge in [-0.1, -0.05) is 12.8 Å². The van der Waals surface area contributed by atoms with Gasteiger partial charge in [0.25, 0.3) is 5.56 Å². The van der Waals surface area contributed by atoms with Gasteiger partial charge in [-0.2, -0.15) is 5.10 Å². The highest BCUT2D eigenvalue weighted by atomic mass is 19.3. The number of carboxylic acid groups (broad SMARTS) is 1. The smallest absolute Gasteiger partial charge is 0.307 e. The van der Waals surface area contributed by atoms with Crippen molar-refractivity contribution in [2.24, 2.45) is 5.92 Å². The molecule has 0 saturated heterocycles. The van der Waals surface area contributed by atoms with E-state index in [9.17, 15) is 23.5 Å². The standard InChI is InChI=1S/C18H22F2N4O3/c19-18(20)7-5-10(6-8-18)24-15-13(9-21-24)16(25)23-14(22-15)11-3-1-2-4-12(11)17(26)27/h9-12H,1-8H2,(H,26,27)(H,22,23,25). The summed E-state index contributed by atoms with van der Waals surface area (Å²) >= 11 is 0. The Labute approximate surface area is 153 Å². The highest BCUT2D eigenvalue weighted by Gasteiger charge is 2.37. The predicted molar refractivity (Wildman–Crippen MR) is 92.9 cm³/mol. The summed E-state index contributed by atoms with van der Waals surface area (Å²) in [6, 6.07) is -0.231. The third-order valence-electron chi connectivity index (χ3n) is 5.95. The van der Waals surface area contributed by atoms with E-state index >= 15 is 0 Å². The lowest BCUT2D eigenvalue weighted by Gasteiger charge is -2.29. The molecule has 27 heavy (non-hydrogen) atoms. The van der Waals surface area contributed by atoms with Crippen molar-refractivity contribution in [3.05, 3.63) is 22.4 Å². The summed E-state index contributed by atoms with van der Waals surface area (Å²) in [5, 5.41) is 14.1. The second-order valence-corrected chi connectivity index (χ2v) is 7.70. The summed E-state index contributed by atoms with van der Waals surface area (Å²) in [6.45, 7) is 0. The van der Waals surface area contributed by atoms with E-state index in [0.717, 1.165) is 12.8 Å². The first-order valence-electron chi connectivity index (χ1n) is 9.44. The molecule has 2 heterocycles. The minimum atomic E-state index is -2.65. The number of nitrogens with one attached hydrogen (secondary N) is 1. The van der Waals surface area contributed by atoms with Crippen molar-refractivity contribution >= 4 is 17.0 Å². The summed E-state index contributed by atoms with van der Waals surface area (Å²) < 4.78 is 28.5. The van der Waals surface area contributed by atoms with E-state index in [2.05, 4.69) is 15.1 Å². The maximum Gasteiger partial charge on any atom is 0.307 e. The van der Waals surface area contributed by atoms with Crippen LogP contribution in [0, 0.1) is 5.92 Å². The Hall–Kier alpha value is -2.32. The van der Waals surface area contributed by atoms with Crippen LogP contribution >= 0.6 is 0 Å². The molecule has 2 aliphatic rings. The molecule has 4 rings (SSSR count). The van der Waals surface area contributed by atoms with Crippen LogP contribution in [0.1, 0.15) is 69.2 Å². The Morgan fingerprint density at radius 1 is 1.22 bits per heavy atom. The molecular weight excluding hydrogens is 358 g/mol. The third-order valence-corrected chi connectivity index (χ3v) is 5.95. The van der Waals surface area contributed by atoms with Crippen molar-refractivity contribution in [2.75, 3.05) is 0 Å². The van der Waals surface area contributed by atoms with Crippen LogP contribution in [-0.4, -0.2) is 36.7 Å². The van der Waals surface area contributed by atoms with Gasteiger partial charge in [0, 0.05) is 18.8 Å². The zero-order valence-electron chi connectivity index (χ0n) is 14.8. The van der Waals surface area contributed by atoms with Crippen LogP contribution in [0.3, 0.4) is 0 Å². The number of aliphatic carboxylic acids is 1. The Kier molecular flexibility index (Phi) is 4.47. The van der Waals surface area contributed by atoms with Crippen molar-refractivity contribution < 1.29 is 18.7 Å². The zero-order chi connectivity index (χ0) is 19.2. The number of carboxylic acids is 1. The van der Waals surface area contributed by atoms with Gasteiger partial charge in [-0.15, -0.1) is 0 Å².